The van der Waals surface area contributed by atoms with Crippen LogP contribution in [-0.2, 0) is 0 Å². The first-order valence-electron chi connectivity index (χ1n) is 8.50. The maximum absolute atomic E-state index is 12.3. The Balaban J connectivity index is 1.63. The van der Waals surface area contributed by atoms with Gasteiger partial charge in [-0.1, -0.05) is 23.7 Å². The summed E-state index contributed by atoms with van der Waals surface area (Å²) >= 11 is 5.84. The maximum atomic E-state index is 12.3. The molecule has 0 saturated heterocycles. The number of hydrogen-bond acceptors (Lipinski definition) is 4. The van der Waals surface area contributed by atoms with Crippen LogP contribution in [0.15, 0.2) is 64.1 Å². The zero-order valence-electron chi connectivity index (χ0n) is 15.3. The quantitative estimate of drug-likeness (QED) is 0.490. The summed E-state index contributed by atoms with van der Waals surface area (Å²) < 4.78 is 5.34. The van der Waals surface area contributed by atoms with Crippen LogP contribution in [0.1, 0.15) is 37.8 Å². The lowest BCUT2D eigenvalue weighted by atomic mass is 10.2. The number of hydrogen-bond donors (Lipinski definition) is 2. The van der Waals surface area contributed by atoms with Gasteiger partial charge in [0.15, 0.2) is 0 Å². The molecule has 0 fully saturated rings. The van der Waals surface area contributed by atoms with Crippen molar-refractivity contribution < 1.29 is 14.0 Å². The second-order valence-electron chi connectivity index (χ2n) is 6.11. The minimum Gasteiger partial charge on any atom is -0.466 e. The number of anilines is 1. The molecule has 3 rings (SSSR count). The standard InChI is InChI=1S/C21H18ClN3O3/c1-13-10-19(14(2)28-13)21(27)25-23-12-15-4-3-5-18(11-15)24-20(26)16-6-8-17(22)9-7-16/h3-12H,1-2H3,(H,24,26)(H,25,27)/b23-12-. The molecule has 0 aliphatic carbocycles. The number of carbonyl (C=O) groups excluding carboxylic acids is 2. The van der Waals surface area contributed by atoms with Crippen LogP contribution in [0.5, 0.6) is 0 Å². The number of hydrazone groups is 1. The second kappa shape index (κ2) is 8.54. The molecule has 7 heteroatoms. The highest BCUT2D eigenvalue weighted by molar-refractivity contribution is 6.30. The van der Waals surface area contributed by atoms with E-state index in [1.165, 1.54) is 6.21 Å². The van der Waals surface area contributed by atoms with Crippen molar-refractivity contribution in [2.45, 2.75) is 13.8 Å². The minimum absolute atomic E-state index is 0.245. The molecule has 0 aliphatic rings. The van der Waals surface area contributed by atoms with Crippen molar-refractivity contribution in [2.24, 2.45) is 5.10 Å². The topological polar surface area (TPSA) is 83.7 Å². The van der Waals surface area contributed by atoms with E-state index in [1.807, 2.05) is 0 Å². The number of furan rings is 1. The molecule has 2 aromatic carbocycles. The summed E-state index contributed by atoms with van der Waals surface area (Å²) in [6, 6.07) is 15.4. The summed E-state index contributed by atoms with van der Waals surface area (Å²) in [6.45, 7) is 3.50. The van der Waals surface area contributed by atoms with Gasteiger partial charge in [-0.3, -0.25) is 9.59 Å². The third-order valence-corrected chi connectivity index (χ3v) is 4.17. The molecule has 1 aromatic heterocycles. The van der Waals surface area contributed by atoms with E-state index >= 15 is 0 Å². The molecule has 0 spiro atoms. The Labute approximate surface area is 167 Å². The van der Waals surface area contributed by atoms with Gasteiger partial charge in [0.1, 0.15) is 11.5 Å². The molecule has 28 heavy (non-hydrogen) atoms. The van der Waals surface area contributed by atoms with Gasteiger partial charge in [0.05, 0.1) is 11.8 Å². The fourth-order valence-corrected chi connectivity index (χ4v) is 2.71. The van der Waals surface area contributed by atoms with Crippen molar-refractivity contribution in [3.63, 3.8) is 0 Å². The van der Waals surface area contributed by atoms with Crippen LogP contribution in [0, 0.1) is 13.8 Å². The Morgan fingerprint density at radius 3 is 2.46 bits per heavy atom. The van der Waals surface area contributed by atoms with Gasteiger partial charge >= 0.3 is 0 Å². The molecule has 0 unspecified atom stereocenters. The van der Waals surface area contributed by atoms with Gasteiger partial charge in [0, 0.05) is 16.3 Å². The molecular formula is C21H18ClN3O3. The van der Waals surface area contributed by atoms with Crippen LogP contribution in [0.25, 0.3) is 0 Å². The average Bonchev–Trinajstić information content (AvgIpc) is 3.01. The van der Waals surface area contributed by atoms with E-state index in [0.29, 0.717) is 38.9 Å². The van der Waals surface area contributed by atoms with Crippen LogP contribution in [0.3, 0.4) is 0 Å². The van der Waals surface area contributed by atoms with Crippen molar-refractivity contribution >= 4 is 35.3 Å². The van der Waals surface area contributed by atoms with E-state index in [0.717, 1.165) is 0 Å². The van der Waals surface area contributed by atoms with Crippen molar-refractivity contribution in [3.05, 3.63) is 87.8 Å². The smallest absolute Gasteiger partial charge is 0.274 e. The monoisotopic (exact) mass is 395 g/mol. The molecule has 0 aliphatic heterocycles. The van der Waals surface area contributed by atoms with Crippen LogP contribution >= 0.6 is 11.6 Å². The van der Waals surface area contributed by atoms with E-state index < -0.39 is 0 Å². The largest absolute Gasteiger partial charge is 0.466 e. The van der Waals surface area contributed by atoms with Crippen molar-refractivity contribution in [2.75, 3.05) is 5.32 Å². The Bertz CT molecular complexity index is 1040. The predicted molar refractivity (Wildman–Crippen MR) is 109 cm³/mol. The SMILES string of the molecule is Cc1cc(C(=O)N/N=C\c2cccc(NC(=O)c3ccc(Cl)cc3)c2)c(C)o1. The van der Waals surface area contributed by atoms with E-state index in [-0.39, 0.29) is 11.8 Å². The third kappa shape index (κ3) is 4.86. The Hall–Kier alpha value is -3.38. The van der Waals surface area contributed by atoms with Gasteiger partial charge in [-0.25, -0.2) is 5.43 Å². The summed E-state index contributed by atoms with van der Waals surface area (Å²) in [5.74, 6) is 0.607. The molecule has 2 N–H and O–H groups in total. The molecule has 6 nitrogen and oxygen atoms in total. The number of carbonyl (C=O) groups is 2. The van der Waals surface area contributed by atoms with Gasteiger partial charge in [-0.15, -0.1) is 0 Å². The molecule has 0 radical (unpaired) electrons. The highest BCUT2D eigenvalue weighted by Crippen LogP contribution is 2.15. The molecule has 142 valence electrons. The van der Waals surface area contributed by atoms with E-state index in [1.54, 1.807) is 68.4 Å². The first-order chi connectivity index (χ1) is 13.4. The fraction of sp³-hybridized carbons (Fsp3) is 0.0952. The maximum Gasteiger partial charge on any atom is 0.274 e. The molecule has 2 amide bonds. The third-order valence-electron chi connectivity index (χ3n) is 3.92. The van der Waals surface area contributed by atoms with E-state index in [2.05, 4.69) is 15.8 Å². The zero-order chi connectivity index (χ0) is 20.1. The molecular weight excluding hydrogens is 378 g/mol. The molecule has 0 saturated carbocycles. The lowest BCUT2D eigenvalue weighted by molar-refractivity contribution is 0.0952. The van der Waals surface area contributed by atoms with Gasteiger partial charge in [-0.05, 0) is 61.9 Å². The van der Waals surface area contributed by atoms with Crippen molar-refractivity contribution in [3.8, 4) is 0 Å². The van der Waals surface area contributed by atoms with Crippen LogP contribution < -0.4 is 10.7 Å². The summed E-state index contributed by atoms with van der Waals surface area (Å²) in [6.07, 6.45) is 1.50. The number of amides is 2. The van der Waals surface area contributed by atoms with Gasteiger partial charge in [0.25, 0.3) is 11.8 Å². The normalized spacial score (nSPS) is 10.8. The molecule has 0 atom stereocenters. The first-order valence-corrected chi connectivity index (χ1v) is 8.87. The second-order valence-corrected chi connectivity index (χ2v) is 6.55. The van der Waals surface area contributed by atoms with Gasteiger partial charge in [0.2, 0.25) is 0 Å². The molecule has 3 aromatic rings. The van der Waals surface area contributed by atoms with Gasteiger partial charge in [-0.2, -0.15) is 5.10 Å². The van der Waals surface area contributed by atoms with Crippen LogP contribution in [0.4, 0.5) is 5.69 Å². The lowest BCUT2D eigenvalue weighted by Crippen LogP contribution is -2.17. The average molecular weight is 396 g/mol. The Morgan fingerprint density at radius 2 is 1.79 bits per heavy atom. The minimum atomic E-state index is -0.349. The Morgan fingerprint density at radius 1 is 1.04 bits per heavy atom. The Kier molecular flexibility index (Phi) is 5.91. The van der Waals surface area contributed by atoms with Crippen molar-refractivity contribution in [1.82, 2.24) is 5.43 Å². The number of halogens is 1. The van der Waals surface area contributed by atoms with Crippen LogP contribution in [0.2, 0.25) is 5.02 Å². The van der Waals surface area contributed by atoms with Crippen LogP contribution in [-0.4, -0.2) is 18.0 Å². The highest BCUT2D eigenvalue weighted by atomic mass is 35.5. The number of aryl methyl sites for hydroxylation is 2. The van der Waals surface area contributed by atoms with Crippen molar-refractivity contribution in [1.29, 1.82) is 0 Å². The molecule has 1 heterocycles. The summed E-state index contributed by atoms with van der Waals surface area (Å²) in [5, 5.41) is 7.34. The van der Waals surface area contributed by atoms with Gasteiger partial charge < -0.3 is 9.73 Å². The first kappa shape index (κ1) is 19.4. The number of nitrogens with one attached hydrogen (secondary N) is 2. The van der Waals surface area contributed by atoms with E-state index in [4.69, 9.17) is 16.0 Å². The summed E-state index contributed by atoms with van der Waals surface area (Å²) in [4.78, 5) is 24.4. The molecule has 0 bridgehead atoms. The summed E-state index contributed by atoms with van der Waals surface area (Å²) in [5.41, 5.74) is 4.73. The highest BCUT2D eigenvalue weighted by Gasteiger charge is 2.12. The summed E-state index contributed by atoms with van der Waals surface area (Å²) in [7, 11) is 0. The fourth-order valence-electron chi connectivity index (χ4n) is 2.58. The predicted octanol–water partition coefficient (Wildman–Crippen LogP) is 4.57. The lowest BCUT2D eigenvalue weighted by Gasteiger charge is -2.06. The number of benzene rings is 2. The van der Waals surface area contributed by atoms with E-state index in [9.17, 15) is 9.59 Å². The zero-order valence-corrected chi connectivity index (χ0v) is 16.1. The number of rotatable bonds is 5. The number of nitrogens with zero attached hydrogens (tertiary/aromatic N) is 1.